The summed E-state index contributed by atoms with van der Waals surface area (Å²) in [6, 6.07) is 8.64. The van der Waals surface area contributed by atoms with Crippen LogP contribution in [-0.2, 0) is 26.1 Å². The lowest BCUT2D eigenvalue weighted by molar-refractivity contribution is -0.143. The molecule has 0 amide bonds. The van der Waals surface area contributed by atoms with Crippen molar-refractivity contribution >= 4 is 72.2 Å². The molecule has 3 rings (SSSR count). The number of sulfonamides is 1. The minimum Gasteiger partial charge on any atom is -0.465 e. The van der Waals surface area contributed by atoms with Crippen LogP contribution in [0.5, 0.6) is 0 Å². The van der Waals surface area contributed by atoms with Gasteiger partial charge in [-0.05, 0) is 43.5 Å². The van der Waals surface area contributed by atoms with Crippen LogP contribution >= 0.6 is 46.0 Å². The van der Waals surface area contributed by atoms with Gasteiger partial charge in [-0.15, -0.1) is 27.5 Å². The second-order valence-corrected chi connectivity index (χ2v) is 10.7. The zero-order valence-electron chi connectivity index (χ0n) is 14.3. The number of hydrogen-bond donors (Lipinski definition) is 0. The predicted octanol–water partition coefficient (Wildman–Crippen LogP) is 3.99. The van der Waals surface area contributed by atoms with E-state index in [1.165, 1.54) is 23.5 Å². The fourth-order valence-corrected chi connectivity index (χ4v) is 6.57. The summed E-state index contributed by atoms with van der Waals surface area (Å²) in [4.78, 5) is 13.3. The van der Waals surface area contributed by atoms with Gasteiger partial charge in [-0.1, -0.05) is 22.9 Å². The first-order chi connectivity index (χ1) is 12.8. The standard InChI is InChI=1S/C16H15ClN2O4S4/c1-3-23-14(20)9-19-11-5-4-10(24-2)8-12(11)25-16(19)18-27(21,22)15-7-6-13(17)26-15/h4-8H,3,9H2,1-2H3. The SMILES string of the molecule is CCOC(=O)Cn1c(=NS(=O)(=O)c2ccc(Cl)s2)sc2cc(SC)ccc21. The van der Waals surface area contributed by atoms with Gasteiger partial charge in [0.15, 0.2) is 0 Å². The van der Waals surface area contributed by atoms with E-state index in [4.69, 9.17) is 16.3 Å². The van der Waals surface area contributed by atoms with E-state index in [0.717, 1.165) is 26.4 Å². The van der Waals surface area contributed by atoms with Gasteiger partial charge in [0.05, 0.1) is 21.2 Å². The van der Waals surface area contributed by atoms with E-state index in [2.05, 4.69) is 4.40 Å². The summed E-state index contributed by atoms with van der Waals surface area (Å²) in [6.07, 6.45) is 1.96. The summed E-state index contributed by atoms with van der Waals surface area (Å²) in [7, 11) is -3.94. The zero-order valence-corrected chi connectivity index (χ0v) is 18.4. The number of rotatable bonds is 6. The molecule has 0 aliphatic rings. The highest BCUT2D eigenvalue weighted by atomic mass is 35.5. The number of halogens is 1. The molecule has 0 fully saturated rings. The van der Waals surface area contributed by atoms with Gasteiger partial charge >= 0.3 is 5.97 Å². The molecule has 0 bridgehead atoms. The van der Waals surface area contributed by atoms with Crippen molar-refractivity contribution in [3.63, 3.8) is 0 Å². The topological polar surface area (TPSA) is 77.7 Å². The number of thiazole rings is 1. The Bertz CT molecular complexity index is 1160. The van der Waals surface area contributed by atoms with Gasteiger partial charge in [0.2, 0.25) is 4.80 Å². The Morgan fingerprint density at radius 1 is 1.30 bits per heavy atom. The lowest BCUT2D eigenvalue weighted by Gasteiger charge is -2.05. The van der Waals surface area contributed by atoms with Gasteiger partial charge < -0.3 is 9.30 Å². The molecule has 1 aromatic carbocycles. The van der Waals surface area contributed by atoms with E-state index >= 15 is 0 Å². The first-order valence-electron chi connectivity index (χ1n) is 7.73. The molecule has 6 nitrogen and oxygen atoms in total. The molecule has 0 aliphatic heterocycles. The summed E-state index contributed by atoms with van der Waals surface area (Å²) in [6.45, 7) is 1.85. The Kier molecular flexibility index (Phi) is 6.32. The van der Waals surface area contributed by atoms with Crippen LogP contribution in [0.15, 0.2) is 43.8 Å². The summed E-state index contributed by atoms with van der Waals surface area (Å²) >= 11 is 9.57. The van der Waals surface area contributed by atoms with Crippen molar-refractivity contribution in [2.75, 3.05) is 12.9 Å². The average molecular weight is 463 g/mol. The van der Waals surface area contributed by atoms with E-state index in [0.29, 0.717) is 4.34 Å². The van der Waals surface area contributed by atoms with E-state index in [1.54, 1.807) is 23.3 Å². The van der Waals surface area contributed by atoms with Gasteiger partial charge in [0.1, 0.15) is 10.8 Å². The maximum Gasteiger partial charge on any atom is 0.326 e. The smallest absolute Gasteiger partial charge is 0.326 e. The van der Waals surface area contributed by atoms with E-state index < -0.39 is 16.0 Å². The number of ether oxygens (including phenoxy) is 1. The van der Waals surface area contributed by atoms with Crippen molar-refractivity contribution in [1.29, 1.82) is 0 Å². The number of thioether (sulfide) groups is 1. The lowest BCUT2D eigenvalue weighted by atomic mass is 10.3. The summed E-state index contributed by atoms with van der Waals surface area (Å²) in [5.74, 6) is -0.454. The third-order valence-electron chi connectivity index (χ3n) is 3.48. The molecule has 0 radical (unpaired) electrons. The largest absolute Gasteiger partial charge is 0.465 e. The van der Waals surface area contributed by atoms with Crippen LogP contribution in [-0.4, -0.2) is 31.8 Å². The van der Waals surface area contributed by atoms with E-state index in [1.807, 2.05) is 24.5 Å². The first-order valence-corrected chi connectivity index (χ1v) is 12.4. The second-order valence-electron chi connectivity index (χ2n) is 5.23. The van der Waals surface area contributed by atoms with Crippen LogP contribution in [0.4, 0.5) is 0 Å². The fourth-order valence-electron chi connectivity index (χ4n) is 2.32. The summed E-state index contributed by atoms with van der Waals surface area (Å²) < 4.78 is 37.1. The molecule has 3 aromatic rings. The maximum atomic E-state index is 12.6. The average Bonchev–Trinajstić information content (AvgIpc) is 3.19. The Balaban J connectivity index is 2.19. The van der Waals surface area contributed by atoms with Crippen LogP contribution in [0.3, 0.4) is 0 Å². The number of carbonyl (C=O) groups is 1. The minimum absolute atomic E-state index is 0.0532. The van der Waals surface area contributed by atoms with Gasteiger partial charge in [0.25, 0.3) is 10.0 Å². The molecule has 0 aliphatic carbocycles. The van der Waals surface area contributed by atoms with Crippen molar-refractivity contribution in [3.05, 3.63) is 39.5 Å². The molecule has 0 saturated heterocycles. The first kappa shape index (κ1) is 20.4. The molecular formula is C16H15ClN2O4S4. The number of aromatic nitrogens is 1. The summed E-state index contributed by atoms with van der Waals surface area (Å²) in [5, 5.41) is 0. The second kappa shape index (κ2) is 8.36. The molecule has 0 atom stereocenters. The van der Waals surface area contributed by atoms with Crippen LogP contribution in [0.2, 0.25) is 4.34 Å². The van der Waals surface area contributed by atoms with Gasteiger partial charge in [0, 0.05) is 4.90 Å². The highest BCUT2D eigenvalue weighted by molar-refractivity contribution is 7.98. The van der Waals surface area contributed by atoms with Crippen molar-refractivity contribution in [2.24, 2.45) is 4.40 Å². The van der Waals surface area contributed by atoms with Gasteiger partial charge in [-0.3, -0.25) is 4.79 Å². The highest BCUT2D eigenvalue weighted by Gasteiger charge is 2.18. The fraction of sp³-hybridized carbons (Fsp3) is 0.250. The quantitative estimate of drug-likeness (QED) is 0.408. The molecule has 0 unspecified atom stereocenters. The zero-order chi connectivity index (χ0) is 19.6. The number of fused-ring (bicyclic) bond motifs is 1. The van der Waals surface area contributed by atoms with E-state index in [9.17, 15) is 13.2 Å². The molecule has 144 valence electrons. The van der Waals surface area contributed by atoms with Crippen molar-refractivity contribution in [3.8, 4) is 0 Å². The molecule has 0 saturated carbocycles. The highest BCUT2D eigenvalue weighted by Crippen LogP contribution is 2.28. The molecule has 0 N–H and O–H groups in total. The summed E-state index contributed by atoms with van der Waals surface area (Å²) in [5.41, 5.74) is 0.726. The third kappa shape index (κ3) is 4.57. The molecule has 11 heteroatoms. The van der Waals surface area contributed by atoms with E-state index in [-0.39, 0.29) is 22.2 Å². The van der Waals surface area contributed by atoms with Crippen LogP contribution in [0.1, 0.15) is 6.92 Å². The number of nitrogens with zero attached hydrogens (tertiary/aromatic N) is 2. The van der Waals surface area contributed by atoms with Crippen LogP contribution in [0, 0.1) is 0 Å². The number of hydrogen-bond acceptors (Lipinski definition) is 7. The van der Waals surface area contributed by atoms with Gasteiger partial charge in [-0.2, -0.15) is 8.42 Å². The number of carbonyl (C=O) groups excluding carboxylic acids is 1. The Morgan fingerprint density at radius 2 is 2.07 bits per heavy atom. The Labute approximate surface area is 173 Å². The molecule has 27 heavy (non-hydrogen) atoms. The molecular weight excluding hydrogens is 448 g/mol. The van der Waals surface area contributed by atoms with Crippen molar-refractivity contribution in [1.82, 2.24) is 4.57 Å². The number of esters is 1. The Morgan fingerprint density at radius 3 is 2.70 bits per heavy atom. The Hall–Kier alpha value is -1.33. The third-order valence-corrected chi connectivity index (χ3v) is 8.33. The molecule has 2 heterocycles. The molecule has 0 spiro atoms. The predicted molar refractivity (Wildman–Crippen MR) is 110 cm³/mol. The molecule has 2 aromatic heterocycles. The van der Waals surface area contributed by atoms with Gasteiger partial charge in [-0.25, -0.2) is 0 Å². The number of thiophene rings is 1. The van der Waals surface area contributed by atoms with Crippen molar-refractivity contribution in [2.45, 2.75) is 22.6 Å². The number of benzene rings is 1. The van der Waals surface area contributed by atoms with Crippen LogP contribution < -0.4 is 4.80 Å². The van der Waals surface area contributed by atoms with Crippen molar-refractivity contribution < 1.29 is 17.9 Å². The monoisotopic (exact) mass is 462 g/mol. The minimum atomic E-state index is -3.94. The lowest BCUT2D eigenvalue weighted by Crippen LogP contribution is -2.23. The normalized spacial score (nSPS) is 12.6. The van der Waals surface area contributed by atoms with Crippen LogP contribution in [0.25, 0.3) is 10.2 Å². The maximum absolute atomic E-state index is 12.6.